The number of fused-ring (bicyclic) bond motifs is 1. The van der Waals surface area contributed by atoms with Gasteiger partial charge in [-0.1, -0.05) is 0 Å². The first-order chi connectivity index (χ1) is 7.24. The molecule has 2 rings (SSSR count). The average Bonchev–Trinajstić information content (AvgIpc) is 2.67. The SMILES string of the molecule is NCCC(=O)c1ccc2c(c1O)OCO2. The fourth-order valence-electron chi connectivity index (χ4n) is 1.45. The molecule has 15 heavy (non-hydrogen) atoms. The third-order valence-corrected chi connectivity index (χ3v) is 2.18. The van der Waals surface area contributed by atoms with Gasteiger partial charge >= 0.3 is 0 Å². The van der Waals surface area contributed by atoms with E-state index < -0.39 is 0 Å². The number of Topliss-reactive ketones (excluding diaryl/α,β-unsaturated/α-hetero) is 1. The largest absolute Gasteiger partial charge is 0.504 e. The third-order valence-electron chi connectivity index (χ3n) is 2.18. The first kappa shape index (κ1) is 9.79. The van der Waals surface area contributed by atoms with Crippen LogP contribution in [-0.2, 0) is 0 Å². The first-order valence-electron chi connectivity index (χ1n) is 4.59. The van der Waals surface area contributed by atoms with E-state index in [4.69, 9.17) is 15.2 Å². The maximum Gasteiger partial charge on any atom is 0.231 e. The Balaban J connectivity index is 2.38. The molecule has 0 saturated carbocycles. The van der Waals surface area contributed by atoms with Gasteiger partial charge in [0.1, 0.15) is 0 Å². The minimum atomic E-state index is -0.201. The highest BCUT2D eigenvalue weighted by atomic mass is 16.7. The Kier molecular flexibility index (Phi) is 2.47. The van der Waals surface area contributed by atoms with Crippen LogP contribution in [0.2, 0.25) is 0 Å². The fourth-order valence-corrected chi connectivity index (χ4v) is 1.45. The number of benzene rings is 1. The Morgan fingerprint density at radius 1 is 1.47 bits per heavy atom. The van der Waals surface area contributed by atoms with E-state index in [0.717, 1.165) is 0 Å². The minimum Gasteiger partial charge on any atom is -0.504 e. The number of carbonyl (C=O) groups is 1. The molecule has 0 atom stereocenters. The zero-order valence-electron chi connectivity index (χ0n) is 8.03. The van der Waals surface area contributed by atoms with E-state index >= 15 is 0 Å². The van der Waals surface area contributed by atoms with Gasteiger partial charge in [0.25, 0.3) is 0 Å². The van der Waals surface area contributed by atoms with Crippen molar-refractivity contribution in [2.45, 2.75) is 6.42 Å². The Hall–Kier alpha value is -1.75. The Bertz CT molecular complexity index is 403. The van der Waals surface area contributed by atoms with Crippen molar-refractivity contribution in [1.29, 1.82) is 0 Å². The molecule has 1 aromatic rings. The van der Waals surface area contributed by atoms with Crippen molar-refractivity contribution in [2.24, 2.45) is 5.73 Å². The van der Waals surface area contributed by atoms with E-state index in [1.165, 1.54) is 6.07 Å². The molecule has 5 heteroatoms. The highest BCUT2D eigenvalue weighted by molar-refractivity contribution is 5.99. The number of phenolic OH excluding ortho intramolecular Hbond substituents is 1. The minimum absolute atomic E-state index is 0.0669. The molecule has 0 aliphatic carbocycles. The van der Waals surface area contributed by atoms with Gasteiger partial charge in [-0.05, 0) is 18.7 Å². The van der Waals surface area contributed by atoms with E-state index in [1.54, 1.807) is 6.07 Å². The smallest absolute Gasteiger partial charge is 0.231 e. The van der Waals surface area contributed by atoms with Gasteiger partial charge in [-0.2, -0.15) is 0 Å². The van der Waals surface area contributed by atoms with Gasteiger partial charge < -0.3 is 20.3 Å². The molecule has 0 fully saturated rings. The Morgan fingerprint density at radius 2 is 2.27 bits per heavy atom. The second-order valence-corrected chi connectivity index (χ2v) is 3.16. The average molecular weight is 209 g/mol. The van der Waals surface area contributed by atoms with Crippen LogP contribution < -0.4 is 15.2 Å². The number of phenols is 1. The van der Waals surface area contributed by atoms with E-state index in [0.29, 0.717) is 5.75 Å². The lowest BCUT2D eigenvalue weighted by Gasteiger charge is -2.05. The van der Waals surface area contributed by atoms with Crippen LogP contribution in [0.15, 0.2) is 12.1 Å². The number of ketones is 1. The number of aromatic hydroxyl groups is 1. The predicted octanol–water partition coefficient (Wildman–Crippen LogP) is 0.652. The van der Waals surface area contributed by atoms with Gasteiger partial charge in [0.15, 0.2) is 17.3 Å². The second kappa shape index (κ2) is 3.78. The molecule has 0 spiro atoms. The van der Waals surface area contributed by atoms with E-state index in [9.17, 15) is 9.90 Å². The molecule has 0 aromatic heterocycles. The van der Waals surface area contributed by atoms with Crippen LogP contribution in [0.25, 0.3) is 0 Å². The van der Waals surface area contributed by atoms with Gasteiger partial charge in [-0.15, -0.1) is 0 Å². The lowest BCUT2D eigenvalue weighted by Crippen LogP contribution is -2.08. The van der Waals surface area contributed by atoms with Crippen molar-refractivity contribution in [3.63, 3.8) is 0 Å². The van der Waals surface area contributed by atoms with Gasteiger partial charge in [0.2, 0.25) is 12.5 Å². The molecular formula is C10H11NO4. The summed E-state index contributed by atoms with van der Waals surface area (Å²) in [6, 6.07) is 3.12. The van der Waals surface area contributed by atoms with Crippen LogP contribution in [0, 0.1) is 0 Å². The summed E-state index contributed by atoms with van der Waals surface area (Å²) in [6.07, 6.45) is 0.202. The zero-order chi connectivity index (χ0) is 10.8. The molecule has 0 unspecified atom stereocenters. The number of hydrogen-bond acceptors (Lipinski definition) is 5. The van der Waals surface area contributed by atoms with Crippen LogP contribution in [0.5, 0.6) is 17.2 Å². The fraction of sp³-hybridized carbons (Fsp3) is 0.300. The topological polar surface area (TPSA) is 81.8 Å². The summed E-state index contributed by atoms with van der Waals surface area (Å²) in [5, 5.41) is 9.74. The van der Waals surface area contributed by atoms with Crippen LogP contribution >= 0.6 is 0 Å². The zero-order valence-corrected chi connectivity index (χ0v) is 8.03. The van der Waals surface area contributed by atoms with E-state index in [2.05, 4.69) is 0 Å². The van der Waals surface area contributed by atoms with Crippen LogP contribution in [0.1, 0.15) is 16.8 Å². The van der Waals surface area contributed by atoms with Crippen molar-refractivity contribution < 1.29 is 19.4 Å². The lowest BCUT2D eigenvalue weighted by molar-refractivity contribution is 0.0982. The van der Waals surface area contributed by atoms with Gasteiger partial charge in [0, 0.05) is 6.42 Å². The molecule has 1 heterocycles. The summed E-state index contributed by atoms with van der Waals surface area (Å²) in [4.78, 5) is 11.5. The summed E-state index contributed by atoms with van der Waals surface area (Å²) < 4.78 is 10.1. The van der Waals surface area contributed by atoms with Crippen LogP contribution in [0.3, 0.4) is 0 Å². The lowest BCUT2D eigenvalue weighted by atomic mass is 10.1. The summed E-state index contributed by atoms with van der Waals surface area (Å²) in [5.74, 6) is 0.325. The van der Waals surface area contributed by atoms with E-state index in [-0.39, 0.29) is 42.6 Å². The van der Waals surface area contributed by atoms with Crippen molar-refractivity contribution in [2.75, 3.05) is 13.3 Å². The molecule has 80 valence electrons. The number of hydrogen-bond donors (Lipinski definition) is 2. The van der Waals surface area contributed by atoms with E-state index in [1.807, 2.05) is 0 Å². The predicted molar refractivity (Wildman–Crippen MR) is 52.2 cm³/mol. The molecule has 1 aliphatic heterocycles. The molecule has 1 aromatic carbocycles. The monoisotopic (exact) mass is 209 g/mol. The van der Waals surface area contributed by atoms with Crippen LogP contribution in [-0.4, -0.2) is 24.2 Å². The molecule has 5 nitrogen and oxygen atoms in total. The van der Waals surface area contributed by atoms with Crippen molar-refractivity contribution in [1.82, 2.24) is 0 Å². The van der Waals surface area contributed by atoms with Crippen LogP contribution in [0.4, 0.5) is 0 Å². The second-order valence-electron chi connectivity index (χ2n) is 3.16. The summed E-state index contributed by atoms with van der Waals surface area (Å²) in [6.45, 7) is 0.324. The highest BCUT2D eigenvalue weighted by Crippen LogP contribution is 2.42. The number of ether oxygens (including phenoxy) is 2. The molecule has 3 N–H and O–H groups in total. The molecule has 0 amide bonds. The van der Waals surface area contributed by atoms with Gasteiger partial charge in [0.05, 0.1) is 5.56 Å². The normalized spacial score (nSPS) is 12.9. The molecule has 0 radical (unpaired) electrons. The summed E-state index contributed by atoms with van der Waals surface area (Å²) in [5.41, 5.74) is 5.50. The van der Waals surface area contributed by atoms with Crippen molar-refractivity contribution in [3.05, 3.63) is 17.7 Å². The molecule has 1 aliphatic rings. The molecule has 0 saturated heterocycles. The quantitative estimate of drug-likeness (QED) is 0.714. The van der Waals surface area contributed by atoms with Gasteiger partial charge in [-0.25, -0.2) is 0 Å². The summed E-state index contributed by atoms with van der Waals surface area (Å²) >= 11 is 0. The van der Waals surface area contributed by atoms with Crippen molar-refractivity contribution in [3.8, 4) is 17.2 Å². The standard InChI is InChI=1S/C10H11NO4/c11-4-3-7(12)6-1-2-8-10(9(6)13)15-5-14-8/h1-2,13H,3-5,11H2. The highest BCUT2D eigenvalue weighted by Gasteiger charge is 2.22. The first-order valence-corrected chi connectivity index (χ1v) is 4.59. The molecular weight excluding hydrogens is 198 g/mol. The molecule has 0 bridgehead atoms. The van der Waals surface area contributed by atoms with Gasteiger partial charge in [-0.3, -0.25) is 4.79 Å². The number of rotatable bonds is 3. The number of nitrogens with two attached hydrogens (primary N) is 1. The Labute approximate surface area is 86.4 Å². The number of carbonyl (C=O) groups excluding carboxylic acids is 1. The summed E-state index contributed by atoms with van der Waals surface area (Å²) in [7, 11) is 0. The van der Waals surface area contributed by atoms with Crippen molar-refractivity contribution >= 4 is 5.78 Å². The Morgan fingerprint density at radius 3 is 3.00 bits per heavy atom. The maximum absolute atomic E-state index is 11.5. The third kappa shape index (κ3) is 1.61. The maximum atomic E-state index is 11.5.